The maximum absolute atomic E-state index is 12.1. The summed E-state index contributed by atoms with van der Waals surface area (Å²) in [7, 11) is 0. The van der Waals surface area contributed by atoms with Gasteiger partial charge in [-0.05, 0) is 80.3 Å². The van der Waals surface area contributed by atoms with Gasteiger partial charge in [0.15, 0.2) is 0 Å². The summed E-state index contributed by atoms with van der Waals surface area (Å²) in [5, 5.41) is 8.54. The van der Waals surface area contributed by atoms with Crippen LogP contribution >= 0.6 is 22.6 Å². The van der Waals surface area contributed by atoms with E-state index in [9.17, 15) is 4.79 Å². The minimum atomic E-state index is -0.439. The van der Waals surface area contributed by atoms with Crippen LogP contribution in [0.15, 0.2) is 18.2 Å². The summed E-state index contributed by atoms with van der Waals surface area (Å²) in [5.41, 5.74) is 1.57. The fraction of sp³-hybridized carbons (Fsp3) is 0.588. The number of aromatic nitrogens is 3. The number of nitrogens with zero attached hydrogens (tertiary/aromatic N) is 4. The third-order valence-corrected chi connectivity index (χ3v) is 4.84. The van der Waals surface area contributed by atoms with Gasteiger partial charge in [0.25, 0.3) is 0 Å². The summed E-state index contributed by atoms with van der Waals surface area (Å²) in [6.45, 7) is 8.02. The number of carbonyl (C=O) groups is 1. The number of fused-ring (bicyclic) bond motifs is 1. The number of likely N-dealkylation sites (tertiary alicyclic amines) is 1. The highest BCUT2D eigenvalue weighted by molar-refractivity contribution is 14.1. The van der Waals surface area contributed by atoms with Crippen molar-refractivity contribution in [1.29, 1.82) is 0 Å². The van der Waals surface area contributed by atoms with E-state index in [4.69, 9.17) is 4.74 Å². The van der Waals surface area contributed by atoms with Gasteiger partial charge in [-0.3, -0.25) is 0 Å². The van der Waals surface area contributed by atoms with Crippen molar-refractivity contribution in [3.05, 3.63) is 21.8 Å². The quantitative estimate of drug-likeness (QED) is 0.666. The molecule has 2 aromatic rings. The molecule has 1 amide bonds. The van der Waals surface area contributed by atoms with Gasteiger partial charge in [0.2, 0.25) is 0 Å². The van der Waals surface area contributed by atoms with Crippen LogP contribution in [0.3, 0.4) is 0 Å². The van der Waals surface area contributed by atoms with Gasteiger partial charge in [0, 0.05) is 23.2 Å². The van der Waals surface area contributed by atoms with Crippen LogP contribution in [-0.2, 0) is 11.3 Å². The highest BCUT2D eigenvalue weighted by Crippen LogP contribution is 2.23. The van der Waals surface area contributed by atoms with Gasteiger partial charge in [-0.25, -0.2) is 9.48 Å². The van der Waals surface area contributed by atoms with E-state index in [-0.39, 0.29) is 6.09 Å². The summed E-state index contributed by atoms with van der Waals surface area (Å²) in [6, 6.07) is 6.20. The van der Waals surface area contributed by atoms with Crippen molar-refractivity contribution in [2.24, 2.45) is 5.92 Å². The molecule has 2 heterocycles. The number of rotatable bonds is 2. The Labute approximate surface area is 155 Å². The average Bonchev–Trinajstić information content (AvgIpc) is 2.88. The first-order valence-corrected chi connectivity index (χ1v) is 9.36. The summed E-state index contributed by atoms with van der Waals surface area (Å²) in [5.74, 6) is 0.507. The Balaban J connectivity index is 1.58. The largest absolute Gasteiger partial charge is 0.444 e. The van der Waals surface area contributed by atoms with Crippen LogP contribution in [0, 0.1) is 9.49 Å². The molecule has 1 aromatic carbocycles. The molecule has 0 radical (unpaired) electrons. The standard InChI is InChI=1S/C17H23IN4O2/c1-17(2,3)24-16(23)21-8-6-12(7-9-21)11-22-15-5-4-13(18)10-14(15)19-20-22/h4-5,10,12H,6-9,11H2,1-3H3. The van der Waals surface area contributed by atoms with Crippen LogP contribution in [0.1, 0.15) is 33.6 Å². The molecule has 1 saturated heterocycles. The van der Waals surface area contributed by atoms with Crippen molar-refractivity contribution in [3.63, 3.8) is 0 Å². The number of hydrogen-bond donors (Lipinski definition) is 0. The van der Waals surface area contributed by atoms with Crippen LogP contribution in [0.25, 0.3) is 11.0 Å². The van der Waals surface area contributed by atoms with Crippen LogP contribution < -0.4 is 0 Å². The Hall–Kier alpha value is -1.38. The van der Waals surface area contributed by atoms with Gasteiger partial charge < -0.3 is 9.64 Å². The lowest BCUT2D eigenvalue weighted by Gasteiger charge is -2.33. The number of carbonyl (C=O) groups excluding carboxylic acids is 1. The highest BCUT2D eigenvalue weighted by Gasteiger charge is 2.27. The maximum atomic E-state index is 12.1. The molecule has 0 aliphatic carbocycles. The zero-order valence-corrected chi connectivity index (χ0v) is 16.5. The Morgan fingerprint density at radius 2 is 2.04 bits per heavy atom. The molecule has 1 aliphatic rings. The molecule has 0 bridgehead atoms. The number of piperidine rings is 1. The minimum Gasteiger partial charge on any atom is -0.444 e. The number of amides is 1. The van der Waals surface area contributed by atoms with Crippen molar-refractivity contribution >= 4 is 39.7 Å². The van der Waals surface area contributed by atoms with E-state index >= 15 is 0 Å². The predicted molar refractivity (Wildman–Crippen MR) is 101 cm³/mol. The molecule has 3 rings (SSSR count). The Bertz CT molecular complexity index is 730. The van der Waals surface area contributed by atoms with Gasteiger partial charge in [0.05, 0.1) is 5.52 Å². The van der Waals surface area contributed by atoms with E-state index in [1.807, 2.05) is 36.4 Å². The van der Waals surface area contributed by atoms with Crippen molar-refractivity contribution < 1.29 is 9.53 Å². The second-order valence-corrected chi connectivity index (χ2v) is 8.56. The zero-order valence-electron chi connectivity index (χ0n) is 14.3. The monoisotopic (exact) mass is 442 g/mol. The second-order valence-electron chi connectivity index (χ2n) is 7.32. The first-order valence-electron chi connectivity index (χ1n) is 8.28. The van der Waals surface area contributed by atoms with Crippen LogP contribution in [0.5, 0.6) is 0 Å². The number of ether oxygens (including phenoxy) is 1. The molecule has 1 aliphatic heterocycles. The lowest BCUT2D eigenvalue weighted by Crippen LogP contribution is -2.42. The molecule has 0 spiro atoms. The smallest absolute Gasteiger partial charge is 0.410 e. The van der Waals surface area contributed by atoms with Gasteiger partial charge in [0.1, 0.15) is 11.1 Å². The molecule has 1 fully saturated rings. The van der Waals surface area contributed by atoms with Crippen LogP contribution in [0.2, 0.25) is 0 Å². The fourth-order valence-corrected chi connectivity index (χ4v) is 3.42. The van der Waals surface area contributed by atoms with Crippen LogP contribution in [0.4, 0.5) is 4.79 Å². The van der Waals surface area contributed by atoms with Crippen molar-refractivity contribution in [2.45, 2.75) is 45.8 Å². The molecule has 0 N–H and O–H groups in total. The van der Waals surface area contributed by atoms with E-state index < -0.39 is 5.60 Å². The average molecular weight is 442 g/mol. The molecule has 130 valence electrons. The molecule has 0 atom stereocenters. The van der Waals surface area contributed by atoms with Crippen molar-refractivity contribution in [3.8, 4) is 0 Å². The fourth-order valence-electron chi connectivity index (χ4n) is 2.95. The molecular weight excluding hydrogens is 419 g/mol. The van der Waals surface area contributed by atoms with Gasteiger partial charge in [-0.2, -0.15) is 0 Å². The summed E-state index contributed by atoms with van der Waals surface area (Å²) < 4.78 is 8.60. The summed E-state index contributed by atoms with van der Waals surface area (Å²) in [6.07, 6.45) is 1.72. The zero-order chi connectivity index (χ0) is 17.3. The molecule has 0 saturated carbocycles. The third-order valence-electron chi connectivity index (χ3n) is 4.17. The first kappa shape index (κ1) is 17.4. The normalized spacial score (nSPS) is 16.6. The molecular formula is C17H23IN4O2. The van der Waals surface area contributed by atoms with Gasteiger partial charge in [-0.15, -0.1) is 5.10 Å². The lowest BCUT2D eigenvalue weighted by molar-refractivity contribution is 0.0177. The van der Waals surface area contributed by atoms with E-state index in [0.717, 1.165) is 47.1 Å². The second kappa shape index (κ2) is 6.85. The minimum absolute atomic E-state index is 0.207. The number of benzene rings is 1. The van der Waals surface area contributed by atoms with Gasteiger partial charge in [-0.1, -0.05) is 5.21 Å². The van der Waals surface area contributed by atoms with Crippen molar-refractivity contribution in [2.75, 3.05) is 13.1 Å². The molecule has 24 heavy (non-hydrogen) atoms. The molecule has 6 nitrogen and oxygen atoms in total. The topological polar surface area (TPSA) is 60.2 Å². The third kappa shape index (κ3) is 4.17. The van der Waals surface area contributed by atoms with E-state index in [2.05, 4.69) is 45.0 Å². The molecule has 7 heteroatoms. The van der Waals surface area contributed by atoms with E-state index in [0.29, 0.717) is 5.92 Å². The lowest BCUT2D eigenvalue weighted by atomic mass is 9.97. The number of hydrogen-bond acceptors (Lipinski definition) is 4. The van der Waals surface area contributed by atoms with Gasteiger partial charge >= 0.3 is 6.09 Å². The Morgan fingerprint density at radius 1 is 1.33 bits per heavy atom. The van der Waals surface area contributed by atoms with Crippen molar-refractivity contribution in [1.82, 2.24) is 19.9 Å². The Kier molecular flexibility index (Phi) is 4.98. The van der Waals surface area contributed by atoms with Crippen LogP contribution in [-0.4, -0.2) is 44.7 Å². The first-order chi connectivity index (χ1) is 11.3. The maximum Gasteiger partial charge on any atom is 0.410 e. The predicted octanol–water partition coefficient (Wildman–Crippen LogP) is 3.68. The molecule has 0 unspecified atom stereocenters. The number of halogens is 1. The SMILES string of the molecule is CC(C)(C)OC(=O)N1CCC(Cn2nnc3cc(I)ccc32)CC1. The van der Waals surface area contributed by atoms with E-state index in [1.54, 1.807) is 0 Å². The highest BCUT2D eigenvalue weighted by atomic mass is 127. The molecule has 1 aromatic heterocycles. The summed E-state index contributed by atoms with van der Waals surface area (Å²) >= 11 is 2.28. The Morgan fingerprint density at radius 3 is 2.71 bits per heavy atom. The van der Waals surface area contributed by atoms with E-state index in [1.165, 1.54) is 0 Å². The summed E-state index contributed by atoms with van der Waals surface area (Å²) in [4.78, 5) is 13.9.